The SMILES string of the molecule is CC(=O)Nc1ccc(N[C@H](C)C(=O)N[C@@H](C)CCc2ccccc2)cc1. The molecule has 0 bridgehead atoms. The van der Waals surface area contributed by atoms with Crippen LogP contribution in [0.25, 0.3) is 0 Å². The molecule has 0 aliphatic heterocycles. The fraction of sp³-hybridized carbons (Fsp3) is 0.333. The fourth-order valence-electron chi connectivity index (χ4n) is 2.64. The molecule has 138 valence electrons. The molecule has 2 aromatic carbocycles. The topological polar surface area (TPSA) is 70.2 Å². The maximum atomic E-state index is 12.4. The number of rotatable bonds is 8. The van der Waals surface area contributed by atoms with Gasteiger partial charge in [0.05, 0.1) is 0 Å². The smallest absolute Gasteiger partial charge is 0.242 e. The highest BCUT2D eigenvalue weighted by atomic mass is 16.2. The van der Waals surface area contributed by atoms with Crippen molar-refractivity contribution in [3.8, 4) is 0 Å². The van der Waals surface area contributed by atoms with Gasteiger partial charge < -0.3 is 16.0 Å². The highest BCUT2D eigenvalue weighted by Crippen LogP contribution is 2.14. The van der Waals surface area contributed by atoms with Crippen LogP contribution in [0.4, 0.5) is 11.4 Å². The van der Waals surface area contributed by atoms with Crippen molar-refractivity contribution in [2.24, 2.45) is 0 Å². The molecule has 2 atom stereocenters. The summed E-state index contributed by atoms with van der Waals surface area (Å²) in [6.07, 6.45) is 1.84. The summed E-state index contributed by atoms with van der Waals surface area (Å²) in [4.78, 5) is 23.4. The lowest BCUT2D eigenvalue weighted by molar-refractivity contribution is -0.122. The second-order valence-corrected chi connectivity index (χ2v) is 6.56. The Morgan fingerprint density at radius 2 is 1.54 bits per heavy atom. The summed E-state index contributed by atoms with van der Waals surface area (Å²) in [5, 5.41) is 8.94. The zero-order valence-corrected chi connectivity index (χ0v) is 15.6. The van der Waals surface area contributed by atoms with Gasteiger partial charge in [0.25, 0.3) is 0 Å². The lowest BCUT2D eigenvalue weighted by Gasteiger charge is -2.19. The minimum absolute atomic E-state index is 0.0310. The quantitative estimate of drug-likeness (QED) is 0.679. The lowest BCUT2D eigenvalue weighted by atomic mass is 10.1. The number of benzene rings is 2. The largest absolute Gasteiger partial charge is 0.374 e. The van der Waals surface area contributed by atoms with E-state index in [2.05, 4.69) is 28.1 Å². The number of nitrogens with one attached hydrogen (secondary N) is 3. The van der Waals surface area contributed by atoms with Crippen LogP contribution in [0.5, 0.6) is 0 Å². The van der Waals surface area contributed by atoms with Gasteiger partial charge >= 0.3 is 0 Å². The Labute approximate surface area is 155 Å². The molecule has 0 aliphatic rings. The van der Waals surface area contributed by atoms with E-state index in [1.807, 2.05) is 44.2 Å². The van der Waals surface area contributed by atoms with Gasteiger partial charge in [0, 0.05) is 24.3 Å². The van der Waals surface area contributed by atoms with Gasteiger partial charge in [-0.05, 0) is 56.5 Å². The van der Waals surface area contributed by atoms with Crippen LogP contribution in [0.1, 0.15) is 32.8 Å². The van der Waals surface area contributed by atoms with Crippen LogP contribution in [0.15, 0.2) is 54.6 Å². The van der Waals surface area contributed by atoms with Crippen LogP contribution < -0.4 is 16.0 Å². The molecule has 0 saturated heterocycles. The molecule has 0 spiro atoms. The van der Waals surface area contributed by atoms with E-state index >= 15 is 0 Å². The van der Waals surface area contributed by atoms with Crippen molar-refractivity contribution in [1.82, 2.24) is 5.32 Å². The normalized spacial score (nSPS) is 12.7. The maximum Gasteiger partial charge on any atom is 0.242 e. The van der Waals surface area contributed by atoms with Crippen molar-refractivity contribution in [2.75, 3.05) is 10.6 Å². The summed E-state index contributed by atoms with van der Waals surface area (Å²) in [6.45, 7) is 5.33. The highest BCUT2D eigenvalue weighted by Gasteiger charge is 2.15. The second kappa shape index (κ2) is 9.61. The molecule has 0 radical (unpaired) electrons. The molecule has 0 heterocycles. The minimum atomic E-state index is -0.346. The first-order valence-corrected chi connectivity index (χ1v) is 8.92. The lowest BCUT2D eigenvalue weighted by Crippen LogP contribution is -2.42. The summed E-state index contributed by atoms with van der Waals surface area (Å²) in [7, 11) is 0. The van der Waals surface area contributed by atoms with Crippen LogP contribution in [0.3, 0.4) is 0 Å². The van der Waals surface area contributed by atoms with Crippen molar-refractivity contribution in [3.05, 3.63) is 60.2 Å². The summed E-state index contributed by atoms with van der Waals surface area (Å²) in [5.74, 6) is -0.139. The number of aryl methyl sites for hydroxylation is 1. The van der Waals surface area contributed by atoms with Crippen LogP contribution in [-0.2, 0) is 16.0 Å². The molecule has 3 N–H and O–H groups in total. The zero-order chi connectivity index (χ0) is 18.9. The first kappa shape index (κ1) is 19.5. The van der Waals surface area contributed by atoms with Crippen LogP contribution in [0.2, 0.25) is 0 Å². The highest BCUT2D eigenvalue weighted by molar-refractivity contribution is 5.89. The molecular weight excluding hydrogens is 326 g/mol. The van der Waals surface area contributed by atoms with Gasteiger partial charge in [-0.15, -0.1) is 0 Å². The molecule has 0 saturated carbocycles. The summed E-state index contributed by atoms with van der Waals surface area (Å²) in [6, 6.07) is 17.3. The molecule has 2 amide bonds. The zero-order valence-electron chi connectivity index (χ0n) is 15.6. The van der Waals surface area contributed by atoms with Gasteiger partial charge in [0.1, 0.15) is 6.04 Å². The molecule has 2 aromatic rings. The number of carbonyl (C=O) groups is 2. The number of amides is 2. The maximum absolute atomic E-state index is 12.4. The standard InChI is InChI=1S/C21H27N3O2/c1-15(9-10-18-7-5-4-6-8-18)22-21(26)16(2)23-19-11-13-20(14-12-19)24-17(3)25/h4-8,11-16,23H,9-10H2,1-3H3,(H,22,26)(H,24,25)/t15-,16+/m0/s1. The molecule has 26 heavy (non-hydrogen) atoms. The summed E-state index contributed by atoms with van der Waals surface area (Å²) in [5.41, 5.74) is 2.84. The summed E-state index contributed by atoms with van der Waals surface area (Å²) >= 11 is 0. The van der Waals surface area contributed by atoms with E-state index in [-0.39, 0.29) is 23.9 Å². The van der Waals surface area contributed by atoms with Gasteiger partial charge in [-0.3, -0.25) is 9.59 Å². The molecule has 2 rings (SSSR count). The Bertz CT molecular complexity index is 714. The number of anilines is 2. The van der Waals surface area contributed by atoms with Gasteiger partial charge in [0.2, 0.25) is 11.8 Å². The van der Waals surface area contributed by atoms with E-state index in [1.165, 1.54) is 12.5 Å². The Kier molecular flexibility index (Phi) is 7.21. The molecule has 0 unspecified atom stereocenters. The van der Waals surface area contributed by atoms with Gasteiger partial charge in [-0.25, -0.2) is 0 Å². The first-order chi connectivity index (χ1) is 12.4. The van der Waals surface area contributed by atoms with E-state index in [0.717, 1.165) is 24.2 Å². The van der Waals surface area contributed by atoms with E-state index in [4.69, 9.17) is 0 Å². The molecule has 5 nitrogen and oxygen atoms in total. The average molecular weight is 353 g/mol. The van der Waals surface area contributed by atoms with Crippen molar-refractivity contribution in [3.63, 3.8) is 0 Å². The Morgan fingerprint density at radius 3 is 2.15 bits per heavy atom. The number of hydrogen-bond acceptors (Lipinski definition) is 3. The fourth-order valence-corrected chi connectivity index (χ4v) is 2.64. The van der Waals surface area contributed by atoms with Gasteiger partial charge in [-0.2, -0.15) is 0 Å². The van der Waals surface area contributed by atoms with Gasteiger partial charge in [0.15, 0.2) is 0 Å². The van der Waals surface area contributed by atoms with Crippen molar-refractivity contribution >= 4 is 23.2 Å². The van der Waals surface area contributed by atoms with Crippen molar-refractivity contribution in [2.45, 2.75) is 45.7 Å². The molecule has 5 heteroatoms. The summed E-state index contributed by atoms with van der Waals surface area (Å²) < 4.78 is 0. The molecular formula is C21H27N3O2. The average Bonchev–Trinajstić information content (AvgIpc) is 2.62. The van der Waals surface area contributed by atoms with Crippen LogP contribution >= 0.6 is 0 Å². The van der Waals surface area contributed by atoms with Crippen molar-refractivity contribution in [1.29, 1.82) is 0 Å². The Balaban J connectivity index is 1.78. The monoisotopic (exact) mass is 353 g/mol. The third-order valence-corrected chi connectivity index (χ3v) is 4.08. The third-order valence-electron chi connectivity index (χ3n) is 4.08. The second-order valence-electron chi connectivity index (χ2n) is 6.56. The van der Waals surface area contributed by atoms with E-state index < -0.39 is 0 Å². The predicted molar refractivity (Wildman–Crippen MR) is 106 cm³/mol. The predicted octanol–water partition coefficient (Wildman–Crippen LogP) is 3.58. The number of carbonyl (C=O) groups excluding carboxylic acids is 2. The van der Waals surface area contributed by atoms with E-state index in [0.29, 0.717) is 0 Å². The van der Waals surface area contributed by atoms with Crippen LogP contribution in [-0.4, -0.2) is 23.9 Å². The van der Waals surface area contributed by atoms with Crippen molar-refractivity contribution < 1.29 is 9.59 Å². The van der Waals surface area contributed by atoms with E-state index in [9.17, 15) is 9.59 Å². The first-order valence-electron chi connectivity index (χ1n) is 8.92. The van der Waals surface area contributed by atoms with Gasteiger partial charge in [-0.1, -0.05) is 30.3 Å². The third kappa shape index (κ3) is 6.59. The Morgan fingerprint density at radius 1 is 0.923 bits per heavy atom. The molecule has 0 fully saturated rings. The van der Waals surface area contributed by atoms with E-state index in [1.54, 1.807) is 12.1 Å². The molecule has 0 aliphatic carbocycles. The number of hydrogen-bond donors (Lipinski definition) is 3. The molecule has 0 aromatic heterocycles. The Hall–Kier alpha value is -2.82. The minimum Gasteiger partial charge on any atom is -0.374 e. The van der Waals surface area contributed by atoms with Crippen LogP contribution in [0, 0.1) is 0 Å².